The number of piperidine rings is 1. The summed E-state index contributed by atoms with van der Waals surface area (Å²) in [6.07, 6.45) is 3.53. The van der Waals surface area contributed by atoms with Gasteiger partial charge < -0.3 is 10.2 Å². The Balaban J connectivity index is 1.63. The summed E-state index contributed by atoms with van der Waals surface area (Å²) in [7, 11) is 0. The van der Waals surface area contributed by atoms with Crippen molar-refractivity contribution in [3.05, 3.63) is 47.0 Å². The molecule has 2 aromatic carbocycles. The topological polar surface area (TPSA) is 58.1 Å². The highest BCUT2D eigenvalue weighted by Crippen LogP contribution is 2.35. The lowest BCUT2D eigenvalue weighted by molar-refractivity contribution is 0.102. The molecular weight excluding hydrogens is 356 g/mol. The lowest BCUT2D eigenvalue weighted by Crippen LogP contribution is -2.30. The second-order valence-corrected chi connectivity index (χ2v) is 7.04. The number of hydrogen-bond acceptors (Lipinski definition) is 5. The van der Waals surface area contributed by atoms with Gasteiger partial charge in [-0.15, -0.1) is 0 Å². The van der Waals surface area contributed by atoms with Crippen LogP contribution in [0.15, 0.2) is 36.4 Å². The van der Waals surface area contributed by atoms with E-state index in [-0.39, 0.29) is 5.91 Å². The summed E-state index contributed by atoms with van der Waals surface area (Å²) in [5, 5.41) is 3.68. The van der Waals surface area contributed by atoms with Crippen molar-refractivity contribution in [2.24, 2.45) is 0 Å². The van der Waals surface area contributed by atoms with Gasteiger partial charge in [-0.1, -0.05) is 17.7 Å². The number of amides is 1. The second kappa shape index (κ2) is 6.98. The number of para-hydroxylation sites is 1. The molecule has 128 valence electrons. The van der Waals surface area contributed by atoms with Crippen molar-refractivity contribution in [3.63, 3.8) is 0 Å². The van der Waals surface area contributed by atoms with Crippen LogP contribution in [0.4, 0.5) is 11.4 Å². The molecule has 0 unspecified atom stereocenters. The van der Waals surface area contributed by atoms with Gasteiger partial charge in [-0.2, -0.15) is 8.75 Å². The Morgan fingerprint density at radius 3 is 2.72 bits per heavy atom. The highest BCUT2D eigenvalue weighted by atomic mass is 35.5. The maximum Gasteiger partial charge on any atom is 0.255 e. The van der Waals surface area contributed by atoms with Crippen LogP contribution in [0.3, 0.4) is 0 Å². The van der Waals surface area contributed by atoms with E-state index in [4.69, 9.17) is 11.6 Å². The number of carbonyl (C=O) groups is 1. The lowest BCUT2D eigenvalue weighted by atomic mass is 10.1. The molecule has 1 N–H and O–H groups in total. The van der Waals surface area contributed by atoms with Crippen molar-refractivity contribution in [2.45, 2.75) is 19.3 Å². The highest BCUT2D eigenvalue weighted by Gasteiger charge is 2.19. The summed E-state index contributed by atoms with van der Waals surface area (Å²) in [6, 6.07) is 11.0. The monoisotopic (exact) mass is 372 g/mol. The average Bonchev–Trinajstić information content (AvgIpc) is 3.10. The van der Waals surface area contributed by atoms with Gasteiger partial charge >= 0.3 is 0 Å². The largest absolute Gasteiger partial charge is 0.369 e. The van der Waals surface area contributed by atoms with Gasteiger partial charge in [0.1, 0.15) is 11.0 Å². The predicted octanol–water partition coefficient (Wildman–Crippen LogP) is 4.59. The fourth-order valence-corrected chi connectivity index (χ4v) is 3.98. The van der Waals surface area contributed by atoms with E-state index in [0.29, 0.717) is 10.6 Å². The van der Waals surface area contributed by atoms with E-state index in [1.54, 1.807) is 12.1 Å². The first-order valence-corrected chi connectivity index (χ1v) is 9.40. The first kappa shape index (κ1) is 16.3. The maximum atomic E-state index is 12.7. The fraction of sp³-hybridized carbons (Fsp3) is 0.278. The number of halogens is 1. The van der Waals surface area contributed by atoms with Gasteiger partial charge in [0.2, 0.25) is 0 Å². The minimum absolute atomic E-state index is 0.171. The molecule has 2 heterocycles. The number of fused-ring (bicyclic) bond motifs is 1. The summed E-state index contributed by atoms with van der Waals surface area (Å²) in [4.78, 5) is 15.0. The van der Waals surface area contributed by atoms with E-state index in [1.807, 2.05) is 24.3 Å². The van der Waals surface area contributed by atoms with Crippen molar-refractivity contribution >= 4 is 51.6 Å². The van der Waals surface area contributed by atoms with E-state index in [2.05, 4.69) is 19.0 Å². The number of nitrogens with one attached hydrogen (secondary N) is 1. The highest BCUT2D eigenvalue weighted by molar-refractivity contribution is 7.00. The van der Waals surface area contributed by atoms with Gasteiger partial charge in [0.15, 0.2) is 0 Å². The second-order valence-electron chi connectivity index (χ2n) is 6.11. The zero-order valence-electron chi connectivity index (χ0n) is 13.5. The molecule has 0 atom stereocenters. The maximum absolute atomic E-state index is 12.7. The van der Waals surface area contributed by atoms with E-state index in [1.165, 1.54) is 6.42 Å². The van der Waals surface area contributed by atoms with Gasteiger partial charge in [-0.3, -0.25) is 4.79 Å². The molecule has 0 aliphatic carbocycles. The van der Waals surface area contributed by atoms with Crippen LogP contribution in [0.2, 0.25) is 5.02 Å². The third-order valence-electron chi connectivity index (χ3n) is 4.42. The van der Waals surface area contributed by atoms with Gasteiger partial charge in [0, 0.05) is 18.7 Å². The van der Waals surface area contributed by atoms with Crippen molar-refractivity contribution in [1.29, 1.82) is 0 Å². The Labute approximate surface area is 154 Å². The molecule has 3 aromatic rings. The predicted molar refractivity (Wildman–Crippen MR) is 103 cm³/mol. The SMILES string of the molecule is O=C(Nc1cccc(Cl)c1N1CCCCC1)c1ccc2nsnc2c1. The zero-order chi connectivity index (χ0) is 17.2. The average molecular weight is 373 g/mol. The van der Waals surface area contributed by atoms with Crippen molar-refractivity contribution in [1.82, 2.24) is 8.75 Å². The number of nitrogens with zero attached hydrogens (tertiary/aromatic N) is 3. The van der Waals surface area contributed by atoms with Crippen LogP contribution in [0.1, 0.15) is 29.6 Å². The van der Waals surface area contributed by atoms with Crippen LogP contribution in [0.5, 0.6) is 0 Å². The Morgan fingerprint density at radius 2 is 1.88 bits per heavy atom. The van der Waals surface area contributed by atoms with Crippen LogP contribution >= 0.6 is 23.3 Å². The zero-order valence-corrected chi connectivity index (χ0v) is 15.1. The minimum atomic E-state index is -0.171. The Bertz CT molecular complexity index is 920. The summed E-state index contributed by atoms with van der Waals surface area (Å²) in [5.41, 5.74) is 3.76. The van der Waals surface area contributed by atoms with E-state index in [9.17, 15) is 4.79 Å². The molecule has 5 nitrogen and oxygen atoms in total. The summed E-state index contributed by atoms with van der Waals surface area (Å²) < 4.78 is 8.36. The fourth-order valence-electron chi connectivity index (χ4n) is 3.17. The molecule has 0 saturated carbocycles. The molecule has 4 rings (SSSR count). The molecule has 1 aliphatic rings. The molecule has 1 saturated heterocycles. The van der Waals surface area contributed by atoms with E-state index in [0.717, 1.165) is 60.1 Å². The summed E-state index contributed by atoms with van der Waals surface area (Å²) >= 11 is 7.59. The van der Waals surface area contributed by atoms with E-state index < -0.39 is 0 Å². The normalized spacial score (nSPS) is 14.7. The molecule has 0 spiro atoms. The molecule has 1 amide bonds. The number of carbonyl (C=O) groups excluding carboxylic acids is 1. The third kappa shape index (κ3) is 3.32. The Kier molecular flexibility index (Phi) is 4.55. The Hall–Kier alpha value is -2.18. The molecule has 1 fully saturated rings. The Morgan fingerprint density at radius 1 is 1.08 bits per heavy atom. The first-order chi connectivity index (χ1) is 12.2. The van der Waals surface area contributed by atoms with Gasteiger partial charge in [-0.25, -0.2) is 0 Å². The molecule has 0 radical (unpaired) electrons. The molecular formula is C18H17ClN4OS. The first-order valence-electron chi connectivity index (χ1n) is 8.29. The van der Waals surface area contributed by atoms with Crippen LogP contribution in [-0.4, -0.2) is 27.7 Å². The quantitative estimate of drug-likeness (QED) is 0.730. The standard InChI is InChI=1S/C18H17ClN4OS/c19-13-5-4-6-15(17(13)23-9-2-1-3-10-23)20-18(24)12-7-8-14-16(11-12)22-25-21-14/h4-8,11H,1-3,9-10H2,(H,20,24). The molecule has 25 heavy (non-hydrogen) atoms. The minimum Gasteiger partial charge on any atom is -0.369 e. The van der Waals surface area contributed by atoms with Crippen LogP contribution in [-0.2, 0) is 0 Å². The van der Waals surface area contributed by atoms with Crippen LogP contribution in [0, 0.1) is 0 Å². The van der Waals surface area contributed by atoms with Gasteiger partial charge in [0.25, 0.3) is 5.91 Å². The number of hydrogen-bond donors (Lipinski definition) is 1. The molecule has 0 bridgehead atoms. The van der Waals surface area contributed by atoms with Gasteiger partial charge in [-0.05, 0) is 49.6 Å². The lowest BCUT2D eigenvalue weighted by Gasteiger charge is -2.31. The van der Waals surface area contributed by atoms with E-state index >= 15 is 0 Å². The van der Waals surface area contributed by atoms with Crippen molar-refractivity contribution in [3.8, 4) is 0 Å². The number of rotatable bonds is 3. The van der Waals surface area contributed by atoms with Crippen molar-refractivity contribution < 1.29 is 4.79 Å². The molecule has 1 aromatic heterocycles. The smallest absolute Gasteiger partial charge is 0.255 e. The van der Waals surface area contributed by atoms with Crippen LogP contribution < -0.4 is 10.2 Å². The van der Waals surface area contributed by atoms with Gasteiger partial charge in [0.05, 0.1) is 28.1 Å². The summed E-state index contributed by atoms with van der Waals surface area (Å²) in [6.45, 7) is 1.92. The summed E-state index contributed by atoms with van der Waals surface area (Å²) in [5.74, 6) is -0.171. The number of anilines is 2. The number of benzene rings is 2. The molecule has 7 heteroatoms. The third-order valence-corrected chi connectivity index (χ3v) is 5.28. The van der Waals surface area contributed by atoms with Crippen LogP contribution in [0.25, 0.3) is 11.0 Å². The van der Waals surface area contributed by atoms with Crippen molar-refractivity contribution in [2.75, 3.05) is 23.3 Å². The molecule has 1 aliphatic heterocycles. The number of aromatic nitrogens is 2.